The number of carboxylic acid groups (broad SMARTS) is 1. The van der Waals surface area contributed by atoms with Crippen LogP contribution >= 0.6 is 11.3 Å². The Morgan fingerprint density at radius 1 is 1.44 bits per heavy atom. The topological polar surface area (TPSA) is 65.5 Å². The van der Waals surface area contributed by atoms with Crippen LogP contribution in [0, 0.1) is 11.7 Å². The summed E-state index contributed by atoms with van der Waals surface area (Å²) < 4.78 is 13.8. The zero-order valence-corrected chi connectivity index (χ0v) is 15.0. The predicted molar refractivity (Wildman–Crippen MR) is 97.9 cm³/mol. The van der Waals surface area contributed by atoms with Gasteiger partial charge in [0.2, 0.25) is 0 Å². The predicted octanol–water partition coefficient (Wildman–Crippen LogP) is 4.00. The summed E-state index contributed by atoms with van der Waals surface area (Å²) in [5.74, 6) is -0.0862. The molecule has 134 valence electrons. The van der Waals surface area contributed by atoms with E-state index in [1.807, 2.05) is 12.3 Å². The molecule has 7 heteroatoms. The molecular weight excluding hydrogens is 341 g/mol. The van der Waals surface area contributed by atoms with Crippen molar-refractivity contribution in [1.82, 2.24) is 10.3 Å². The van der Waals surface area contributed by atoms with E-state index in [-0.39, 0.29) is 5.82 Å². The Hall–Kier alpha value is -1.99. The standard InChI is InChI=1S/C18H22FN3O2S/c1-2-14-11-25-17(21-14)15-9-13(19)3-4-16(15)22(18(23)24)10-12-5-7-20-8-6-12/h3-4,9,11-12,20H,2,5-8,10H2,1H3,(H,23,24). The van der Waals surface area contributed by atoms with Gasteiger partial charge in [-0.1, -0.05) is 6.92 Å². The van der Waals surface area contributed by atoms with Crippen LogP contribution in [-0.2, 0) is 6.42 Å². The number of nitrogens with one attached hydrogen (secondary N) is 1. The summed E-state index contributed by atoms with van der Waals surface area (Å²) in [5, 5.41) is 15.6. The van der Waals surface area contributed by atoms with Gasteiger partial charge in [0.15, 0.2) is 0 Å². The molecule has 1 aliphatic heterocycles. The Morgan fingerprint density at radius 2 is 2.20 bits per heavy atom. The lowest BCUT2D eigenvalue weighted by atomic mass is 9.97. The Kier molecular flexibility index (Phi) is 5.65. The zero-order valence-electron chi connectivity index (χ0n) is 14.2. The first-order chi connectivity index (χ1) is 12.1. The van der Waals surface area contributed by atoms with Crippen LogP contribution in [0.2, 0.25) is 0 Å². The van der Waals surface area contributed by atoms with Gasteiger partial charge in [-0.15, -0.1) is 11.3 Å². The van der Waals surface area contributed by atoms with Gasteiger partial charge in [0.05, 0.1) is 11.4 Å². The van der Waals surface area contributed by atoms with E-state index in [0.29, 0.717) is 28.7 Å². The average Bonchev–Trinajstić information content (AvgIpc) is 3.10. The number of benzene rings is 1. The first kappa shape index (κ1) is 17.8. The molecule has 0 spiro atoms. The summed E-state index contributed by atoms with van der Waals surface area (Å²) in [6, 6.07) is 4.24. The lowest BCUT2D eigenvalue weighted by Gasteiger charge is -2.29. The first-order valence-electron chi connectivity index (χ1n) is 8.54. The van der Waals surface area contributed by atoms with E-state index in [2.05, 4.69) is 10.3 Å². The first-order valence-corrected chi connectivity index (χ1v) is 9.42. The minimum Gasteiger partial charge on any atom is -0.465 e. The highest BCUT2D eigenvalue weighted by molar-refractivity contribution is 7.13. The maximum atomic E-state index is 13.8. The Labute approximate surface area is 150 Å². The SMILES string of the molecule is CCc1csc(-c2cc(F)ccc2N(CC2CCNCC2)C(=O)O)n1. The number of nitrogens with zero attached hydrogens (tertiary/aromatic N) is 2. The van der Waals surface area contributed by atoms with Gasteiger partial charge in [0, 0.05) is 17.5 Å². The molecule has 1 aromatic carbocycles. The van der Waals surface area contributed by atoms with Crippen molar-refractivity contribution in [3.05, 3.63) is 35.1 Å². The molecule has 2 N–H and O–H groups in total. The van der Waals surface area contributed by atoms with Crippen LogP contribution < -0.4 is 10.2 Å². The second kappa shape index (κ2) is 7.93. The number of aryl methyl sites for hydroxylation is 1. The molecule has 0 radical (unpaired) electrons. The number of piperidine rings is 1. The number of amides is 1. The van der Waals surface area contributed by atoms with Crippen LogP contribution in [0.3, 0.4) is 0 Å². The molecule has 1 fully saturated rings. The second-order valence-corrected chi connectivity index (χ2v) is 7.10. The van der Waals surface area contributed by atoms with Gasteiger partial charge in [-0.05, 0) is 56.5 Å². The van der Waals surface area contributed by atoms with Gasteiger partial charge in [0.1, 0.15) is 10.8 Å². The summed E-state index contributed by atoms with van der Waals surface area (Å²) in [5.41, 5.74) is 1.97. The summed E-state index contributed by atoms with van der Waals surface area (Å²) in [7, 11) is 0. The average molecular weight is 363 g/mol. The largest absolute Gasteiger partial charge is 0.465 e. The highest BCUT2D eigenvalue weighted by atomic mass is 32.1. The maximum absolute atomic E-state index is 13.8. The number of hydrogen-bond acceptors (Lipinski definition) is 4. The molecule has 0 bridgehead atoms. The Bertz CT molecular complexity index is 744. The van der Waals surface area contributed by atoms with Crippen LogP contribution in [0.1, 0.15) is 25.5 Å². The van der Waals surface area contributed by atoms with Crippen LogP contribution in [0.25, 0.3) is 10.6 Å². The highest BCUT2D eigenvalue weighted by Crippen LogP contribution is 2.35. The molecule has 2 aromatic rings. The molecule has 25 heavy (non-hydrogen) atoms. The third-order valence-electron chi connectivity index (χ3n) is 4.52. The minimum atomic E-state index is -1.02. The van der Waals surface area contributed by atoms with Crippen molar-refractivity contribution in [1.29, 1.82) is 0 Å². The van der Waals surface area contributed by atoms with E-state index < -0.39 is 6.09 Å². The fourth-order valence-electron chi connectivity index (χ4n) is 3.11. The van der Waals surface area contributed by atoms with Crippen molar-refractivity contribution in [2.45, 2.75) is 26.2 Å². The van der Waals surface area contributed by atoms with E-state index >= 15 is 0 Å². The number of carbonyl (C=O) groups is 1. The number of thiazole rings is 1. The minimum absolute atomic E-state index is 0.303. The lowest BCUT2D eigenvalue weighted by molar-refractivity contribution is 0.199. The van der Waals surface area contributed by atoms with Crippen molar-refractivity contribution in [3.8, 4) is 10.6 Å². The molecule has 0 atom stereocenters. The van der Waals surface area contributed by atoms with Crippen LogP contribution in [0.4, 0.5) is 14.9 Å². The quantitative estimate of drug-likeness (QED) is 0.843. The van der Waals surface area contributed by atoms with E-state index in [4.69, 9.17) is 0 Å². The summed E-state index contributed by atoms with van der Waals surface area (Å²) >= 11 is 1.42. The molecule has 2 heterocycles. The van der Waals surface area contributed by atoms with Crippen LogP contribution in [0.15, 0.2) is 23.6 Å². The van der Waals surface area contributed by atoms with Crippen molar-refractivity contribution in [2.24, 2.45) is 5.92 Å². The second-order valence-electron chi connectivity index (χ2n) is 6.25. The normalized spacial score (nSPS) is 15.3. The van der Waals surface area contributed by atoms with Crippen LogP contribution in [-0.4, -0.2) is 35.8 Å². The van der Waals surface area contributed by atoms with Gasteiger partial charge < -0.3 is 10.4 Å². The molecular formula is C18H22FN3O2S. The third kappa shape index (κ3) is 4.16. The molecule has 0 aliphatic carbocycles. The molecule has 1 amide bonds. The fraction of sp³-hybridized carbons (Fsp3) is 0.444. The van der Waals surface area contributed by atoms with Gasteiger partial charge in [-0.3, -0.25) is 4.90 Å². The third-order valence-corrected chi connectivity index (χ3v) is 5.45. The van der Waals surface area contributed by atoms with Crippen molar-refractivity contribution in [2.75, 3.05) is 24.5 Å². The number of halogens is 1. The Morgan fingerprint density at radius 3 is 2.84 bits per heavy atom. The molecule has 1 aromatic heterocycles. The number of anilines is 1. The van der Waals surface area contributed by atoms with E-state index in [9.17, 15) is 14.3 Å². The summed E-state index contributed by atoms with van der Waals surface area (Å²) in [6.07, 6.45) is 1.66. The summed E-state index contributed by atoms with van der Waals surface area (Å²) in [4.78, 5) is 17.8. The smallest absolute Gasteiger partial charge is 0.411 e. The van der Waals surface area contributed by atoms with Crippen molar-refractivity contribution >= 4 is 23.1 Å². The zero-order chi connectivity index (χ0) is 17.8. The monoisotopic (exact) mass is 363 g/mol. The molecule has 0 saturated carbocycles. The van der Waals surface area contributed by atoms with E-state index in [0.717, 1.165) is 38.0 Å². The number of rotatable bonds is 5. The van der Waals surface area contributed by atoms with Gasteiger partial charge in [-0.2, -0.15) is 0 Å². The van der Waals surface area contributed by atoms with Gasteiger partial charge in [-0.25, -0.2) is 14.2 Å². The van der Waals surface area contributed by atoms with Crippen molar-refractivity contribution in [3.63, 3.8) is 0 Å². The molecule has 0 unspecified atom stereocenters. The maximum Gasteiger partial charge on any atom is 0.411 e. The lowest BCUT2D eigenvalue weighted by Crippen LogP contribution is -2.39. The van der Waals surface area contributed by atoms with Gasteiger partial charge in [0.25, 0.3) is 0 Å². The molecule has 1 aliphatic rings. The molecule has 5 nitrogen and oxygen atoms in total. The van der Waals surface area contributed by atoms with E-state index in [1.165, 1.54) is 28.4 Å². The fourth-order valence-corrected chi connectivity index (χ4v) is 4.04. The molecule has 3 rings (SSSR count). The molecule has 1 saturated heterocycles. The number of hydrogen-bond donors (Lipinski definition) is 2. The van der Waals surface area contributed by atoms with E-state index in [1.54, 1.807) is 6.07 Å². The van der Waals surface area contributed by atoms with Crippen LogP contribution in [0.5, 0.6) is 0 Å². The Balaban J connectivity index is 1.96. The van der Waals surface area contributed by atoms with Gasteiger partial charge >= 0.3 is 6.09 Å². The summed E-state index contributed by atoms with van der Waals surface area (Å²) in [6.45, 7) is 4.23. The van der Waals surface area contributed by atoms with Crippen molar-refractivity contribution < 1.29 is 14.3 Å². The highest BCUT2D eigenvalue weighted by Gasteiger charge is 2.25. The number of aromatic nitrogens is 1.